The van der Waals surface area contributed by atoms with Crippen molar-refractivity contribution >= 4 is 23.8 Å². The number of esters is 3. The molecule has 10 atom stereocenters. The Morgan fingerprint density at radius 3 is 2.41 bits per heavy atom. The lowest BCUT2D eigenvalue weighted by atomic mass is 9.84. The second kappa shape index (κ2) is 15.1. The number of nitrogens with one attached hydrogen (secondary N) is 1. The van der Waals surface area contributed by atoms with Crippen LogP contribution in [0.3, 0.4) is 0 Å². The Morgan fingerprint density at radius 2 is 1.76 bits per heavy atom. The van der Waals surface area contributed by atoms with Gasteiger partial charge >= 0.3 is 17.9 Å². The average molecular weight is 585 g/mol. The third kappa shape index (κ3) is 7.63. The summed E-state index contributed by atoms with van der Waals surface area (Å²) in [6.45, 7) is 8.71. The second-order valence-corrected chi connectivity index (χ2v) is 10.8. The van der Waals surface area contributed by atoms with Crippen LogP contribution in [0.25, 0.3) is 0 Å². The van der Waals surface area contributed by atoms with Gasteiger partial charge in [0, 0.05) is 6.04 Å². The van der Waals surface area contributed by atoms with E-state index in [1.54, 1.807) is 13.8 Å². The van der Waals surface area contributed by atoms with Gasteiger partial charge < -0.3 is 39.2 Å². The molecule has 13 nitrogen and oxygen atoms in total. The van der Waals surface area contributed by atoms with Crippen LogP contribution in [0.5, 0.6) is 0 Å². The van der Waals surface area contributed by atoms with E-state index < -0.39 is 66.7 Å². The number of carbonyl (C=O) groups excluding carboxylic acids is 4. The Kier molecular flexibility index (Phi) is 12.1. The SMILES string of the molecule is C=CCOC(=O)[C@H]1OC(OC(=O)[C@H]2C[C@@H]3CCCC[C@@H]3N2C(=O)[C@H](C)NC(CCC)C(=O)OCC)[C@H](O)[C@@H](O)[C@@H]1O. The molecule has 0 aromatic rings. The molecule has 1 aliphatic carbocycles. The molecule has 1 saturated carbocycles. The van der Waals surface area contributed by atoms with Crippen molar-refractivity contribution in [3.63, 3.8) is 0 Å². The van der Waals surface area contributed by atoms with E-state index >= 15 is 0 Å². The van der Waals surface area contributed by atoms with Gasteiger partial charge in [-0.15, -0.1) is 0 Å². The molecule has 41 heavy (non-hydrogen) atoms. The number of aliphatic hydroxyl groups excluding tert-OH is 3. The summed E-state index contributed by atoms with van der Waals surface area (Å²) >= 11 is 0. The van der Waals surface area contributed by atoms with Crippen molar-refractivity contribution in [3.8, 4) is 0 Å². The number of hydrogen-bond acceptors (Lipinski definition) is 12. The molecule has 0 bridgehead atoms. The van der Waals surface area contributed by atoms with Gasteiger partial charge in [0.1, 0.15) is 37.0 Å². The monoisotopic (exact) mass is 584 g/mol. The molecule has 2 aliphatic heterocycles. The van der Waals surface area contributed by atoms with Gasteiger partial charge in [0.2, 0.25) is 12.2 Å². The molecule has 0 aromatic heterocycles. The number of nitrogens with zero attached hydrogens (tertiary/aromatic N) is 1. The fraction of sp³-hybridized carbons (Fsp3) is 0.786. The Morgan fingerprint density at radius 1 is 1.05 bits per heavy atom. The minimum atomic E-state index is -1.87. The van der Waals surface area contributed by atoms with Crippen molar-refractivity contribution in [3.05, 3.63) is 12.7 Å². The number of likely N-dealkylation sites (tertiary alicyclic amines) is 1. The van der Waals surface area contributed by atoms with Gasteiger partial charge in [0.15, 0.2) is 6.10 Å². The molecule has 2 unspecified atom stereocenters. The van der Waals surface area contributed by atoms with Crippen molar-refractivity contribution in [1.29, 1.82) is 0 Å². The van der Waals surface area contributed by atoms with Crippen LogP contribution in [-0.2, 0) is 38.1 Å². The quantitative estimate of drug-likeness (QED) is 0.136. The van der Waals surface area contributed by atoms with E-state index in [2.05, 4.69) is 11.9 Å². The van der Waals surface area contributed by atoms with Gasteiger partial charge in [-0.3, -0.25) is 14.9 Å². The zero-order valence-electron chi connectivity index (χ0n) is 24.0. The number of ether oxygens (including phenoxy) is 4. The lowest BCUT2D eigenvalue weighted by Crippen LogP contribution is -2.61. The van der Waals surface area contributed by atoms with Crippen molar-refractivity contribution < 1.29 is 53.4 Å². The fourth-order valence-electron chi connectivity index (χ4n) is 5.94. The van der Waals surface area contributed by atoms with Crippen LogP contribution < -0.4 is 5.32 Å². The molecule has 232 valence electrons. The molecule has 13 heteroatoms. The predicted molar refractivity (Wildman–Crippen MR) is 143 cm³/mol. The Bertz CT molecular complexity index is 946. The maximum absolute atomic E-state index is 13.8. The number of aliphatic hydroxyl groups is 3. The van der Waals surface area contributed by atoms with Crippen molar-refractivity contribution in [2.75, 3.05) is 13.2 Å². The molecule has 0 spiro atoms. The highest BCUT2D eigenvalue weighted by molar-refractivity contribution is 5.89. The van der Waals surface area contributed by atoms with Crippen LogP contribution in [0.1, 0.15) is 65.7 Å². The normalized spacial score (nSPS) is 32.8. The van der Waals surface area contributed by atoms with Crippen molar-refractivity contribution in [2.24, 2.45) is 5.92 Å². The summed E-state index contributed by atoms with van der Waals surface area (Å²) in [5.74, 6) is -2.68. The Hall–Kier alpha value is -2.58. The third-order valence-corrected chi connectivity index (χ3v) is 7.96. The highest BCUT2D eigenvalue weighted by Gasteiger charge is 2.53. The third-order valence-electron chi connectivity index (χ3n) is 7.96. The molecule has 0 aromatic carbocycles. The van der Waals surface area contributed by atoms with E-state index in [0.717, 1.165) is 19.3 Å². The first-order valence-electron chi connectivity index (χ1n) is 14.5. The zero-order valence-corrected chi connectivity index (χ0v) is 24.0. The van der Waals surface area contributed by atoms with Gasteiger partial charge in [-0.2, -0.15) is 0 Å². The molecular formula is C28H44N2O11. The largest absolute Gasteiger partial charge is 0.465 e. The predicted octanol–water partition coefficient (Wildman–Crippen LogP) is -0.0640. The van der Waals surface area contributed by atoms with E-state index in [1.807, 2.05) is 6.92 Å². The Balaban J connectivity index is 1.78. The summed E-state index contributed by atoms with van der Waals surface area (Å²) in [5, 5.41) is 34.1. The molecule has 2 saturated heterocycles. The molecule has 0 radical (unpaired) electrons. The van der Waals surface area contributed by atoms with Crippen LogP contribution in [0.2, 0.25) is 0 Å². The van der Waals surface area contributed by atoms with Gasteiger partial charge in [-0.1, -0.05) is 38.8 Å². The van der Waals surface area contributed by atoms with Gasteiger partial charge in [0.05, 0.1) is 12.6 Å². The first-order chi connectivity index (χ1) is 19.5. The van der Waals surface area contributed by atoms with E-state index in [0.29, 0.717) is 25.7 Å². The van der Waals surface area contributed by atoms with Crippen LogP contribution in [0.15, 0.2) is 12.7 Å². The summed E-state index contributed by atoms with van der Waals surface area (Å²) in [4.78, 5) is 53.6. The molecule has 3 rings (SSSR count). The summed E-state index contributed by atoms with van der Waals surface area (Å²) in [6, 6.07) is -2.73. The van der Waals surface area contributed by atoms with Crippen LogP contribution >= 0.6 is 0 Å². The van der Waals surface area contributed by atoms with Crippen LogP contribution in [0.4, 0.5) is 0 Å². The lowest BCUT2D eigenvalue weighted by Gasteiger charge is -2.39. The van der Waals surface area contributed by atoms with E-state index in [-0.39, 0.29) is 31.1 Å². The molecular weight excluding hydrogens is 540 g/mol. The first kappa shape index (κ1) is 32.9. The first-order valence-corrected chi connectivity index (χ1v) is 14.5. The van der Waals surface area contributed by atoms with Gasteiger partial charge in [-0.25, -0.2) is 9.59 Å². The van der Waals surface area contributed by atoms with Crippen molar-refractivity contribution in [2.45, 2.75) is 121 Å². The number of fused-ring (bicyclic) bond motifs is 1. The van der Waals surface area contributed by atoms with E-state index in [4.69, 9.17) is 18.9 Å². The number of hydrogen-bond donors (Lipinski definition) is 4. The standard InChI is InChI=1S/C28H44N2O11/c1-5-10-17(25(35)38-7-3)29-15(4)24(34)30-18-12-9-8-11-16(18)14-19(30)26(36)41-28-22(33)20(31)21(32)23(40-28)27(37)39-13-6-2/h6,15-23,28-29,31-33H,2,5,7-14H2,1,3-4H3/t15-,16-,17?,18-,19+,20-,21-,22+,23-,28?/m0/s1. The number of rotatable bonds is 12. The minimum Gasteiger partial charge on any atom is -0.465 e. The smallest absolute Gasteiger partial charge is 0.338 e. The summed E-state index contributed by atoms with van der Waals surface area (Å²) < 4.78 is 20.9. The van der Waals surface area contributed by atoms with Gasteiger partial charge in [0.25, 0.3) is 0 Å². The van der Waals surface area contributed by atoms with E-state index in [1.165, 1.54) is 11.0 Å². The average Bonchev–Trinajstić information content (AvgIpc) is 3.35. The molecule has 3 aliphatic rings. The molecule has 1 amide bonds. The summed E-state index contributed by atoms with van der Waals surface area (Å²) in [6.07, 6.45) is -2.91. The maximum Gasteiger partial charge on any atom is 0.338 e. The highest BCUT2D eigenvalue weighted by Crippen LogP contribution is 2.41. The Labute approximate surface area is 240 Å². The number of amides is 1. The summed E-state index contributed by atoms with van der Waals surface area (Å²) in [5.41, 5.74) is 0. The summed E-state index contributed by atoms with van der Waals surface area (Å²) in [7, 11) is 0. The van der Waals surface area contributed by atoms with E-state index in [9.17, 15) is 34.5 Å². The second-order valence-electron chi connectivity index (χ2n) is 10.8. The molecule has 3 fully saturated rings. The zero-order chi connectivity index (χ0) is 30.3. The molecule has 2 heterocycles. The lowest BCUT2D eigenvalue weighted by molar-refractivity contribution is -0.288. The number of carbonyl (C=O) groups is 4. The van der Waals surface area contributed by atoms with Gasteiger partial charge in [-0.05, 0) is 45.4 Å². The van der Waals surface area contributed by atoms with Crippen LogP contribution in [0, 0.1) is 5.92 Å². The minimum absolute atomic E-state index is 0.0557. The van der Waals surface area contributed by atoms with Crippen molar-refractivity contribution in [1.82, 2.24) is 10.2 Å². The topological polar surface area (TPSA) is 181 Å². The fourth-order valence-corrected chi connectivity index (χ4v) is 5.94. The van der Waals surface area contributed by atoms with Crippen LogP contribution in [-0.4, -0.2) is 112 Å². The molecule has 4 N–H and O–H groups in total. The highest BCUT2D eigenvalue weighted by atomic mass is 16.7. The maximum atomic E-state index is 13.8.